The lowest BCUT2D eigenvalue weighted by Crippen LogP contribution is -2.23. The smallest absolute Gasteiger partial charge is 0.231 e. The van der Waals surface area contributed by atoms with Gasteiger partial charge in [0, 0.05) is 31.1 Å². The predicted octanol–water partition coefficient (Wildman–Crippen LogP) is 3.92. The summed E-state index contributed by atoms with van der Waals surface area (Å²) in [7, 11) is 0. The number of amides is 1. The van der Waals surface area contributed by atoms with Crippen LogP contribution in [-0.2, 0) is 4.79 Å². The van der Waals surface area contributed by atoms with Gasteiger partial charge in [0.15, 0.2) is 11.5 Å². The minimum atomic E-state index is -0.0590. The summed E-state index contributed by atoms with van der Waals surface area (Å²) in [6.45, 7) is 2.95. The number of benzene rings is 2. The van der Waals surface area contributed by atoms with Crippen molar-refractivity contribution in [1.82, 2.24) is 0 Å². The van der Waals surface area contributed by atoms with Gasteiger partial charge in [-0.1, -0.05) is 25.1 Å². The minimum absolute atomic E-state index is 0. The van der Waals surface area contributed by atoms with Crippen LogP contribution in [0.2, 0.25) is 0 Å². The Bertz CT molecular complexity index is 793. The first kappa shape index (κ1) is 14.9. The molecule has 0 bridgehead atoms. The Morgan fingerprint density at radius 2 is 2.00 bits per heavy atom. The highest BCUT2D eigenvalue weighted by Gasteiger charge is 2.31. The zero-order valence-electron chi connectivity index (χ0n) is 13.5. The van der Waals surface area contributed by atoms with Crippen LogP contribution in [0.3, 0.4) is 0 Å². The van der Waals surface area contributed by atoms with E-state index >= 15 is 0 Å². The van der Waals surface area contributed by atoms with Gasteiger partial charge in [0.25, 0.3) is 0 Å². The first-order chi connectivity index (χ1) is 11.8. The second-order valence-corrected chi connectivity index (χ2v) is 5.98. The maximum absolute atomic E-state index is 12.2. The molecule has 1 unspecified atom stereocenters. The van der Waals surface area contributed by atoms with E-state index in [0.29, 0.717) is 18.8 Å². The molecule has 24 heavy (non-hydrogen) atoms. The van der Waals surface area contributed by atoms with Crippen LogP contribution in [0, 0.1) is 0 Å². The number of anilines is 1. The normalized spacial score (nSPS) is 18.0. The van der Waals surface area contributed by atoms with E-state index in [-0.39, 0.29) is 20.0 Å². The number of hydrogen-bond acceptors (Lipinski definition) is 4. The third-order valence-electron chi connectivity index (χ3n) is 4.34. The second kappa shape index (κ2) is 6.07. The number of fused-ring (bicyclic) bond motifs is 2. The van der Waals surface area contributed by atoms with Gasteiger partial charge in [-0.25, -0.2) is 0 Å². The molecule has 0 aromatic heterocycles. The zero-order chi connectivity index (χ0) is 16.5. The van der Waals surface area contributed by atoms with Gasteiger partial charge in [0.1, 0.15) is 5.75 Å². The molecular formula is C19H21NO4. The third kappa shape index (κ3) is 2.56. The van der Waals surface area contributed by atoms with Crippen LogP contribution in [0.4, 0.5) is 5.69 Å². The van der Waals surface area contributed by atoms with Gasteiger partial charge < -0.3 is 19.5 Å². The van der Waals surface area contributed by atoms with Crippen LogP contribution in [0.1, 0.15) is 38.2 Å². The van der Waals surface area contributed by atoms with Crippen molar-refractivity contribution in [3.05, 3.63) is 47.5 Å². The Kier molecular flexibility index (Phi) is 3.76. The van der Waals surface area contributed by atoms with Crippen LogP contribution >= 0.6 is 0 Å². The maximum atomic E-state index is 12.2. The Morgan fingerprint density at radius 1 is 1.21 bits per heavy atom. The Morgan fingerprint density at radius 3 is 2.83 bits per heavy atom. The molecule has 2 aromatic carbocycles. The molecule has 1 atom stereocenters. The summed E-state index contributed by atoms with van der Waals surface area (Å²) in [6, 6.07) is 11.7. The van der Waals surface area contributed by atoms with E-state index in [1.165, 1.54) is 0 Å². The van der Waals surface area contributed by atoms with E-state index in [0.717, 1.165) is 34.7 Å². The van der Waals surface area contributed by atoms with Gasteiger partial charge in [-0.05, 0) is 24.1 Å². The van der Waals surface area contributed by atoms with Crippen LogP contribution in [0.25, 0.3) is 0 Å². The largest absolute Gasteiger partial charge is 0.493 e. The molecule has 2 heterocycles. The van der Waals surface area contributed by atoms with E-state index in [9.17, 15) is 4.79 Å². The van der Waals surface area contributed by atoms with E-state index < -0.39 is 0 Å². The summed E-state index contributed by atoms with van der Waals surface area (Å²) in [6.07, 6.45) is 1.33. The van der Waals surface area contributed by atoms with E-state index in [4.69, 9.17) is 14.2 Å². The zero-order valence-corrected chi connectivity index (χ0v) is 13.5. The number of nitrogens with one attached hydrogen (secondary N) is 1. The molecule has 1 amide bonds. The molecule has 2 aliphatic rings. The third-order valence-corrected chi connectivity index (χ3v) is 4.34. The van der Waals surface area contributed by atoms with Gasteiger partial charge in [-0.3, -0.25) is 4.79 Å². The highest BCUT2D eigenvalue weighted by Crippen LogP contribution is 2.46. The highest BCUT2D eigenvalue weighted by atomic mass is 16.7. The van der Waals surface area contributed by atoms with Gasteiger partial charge in [-0.2, -0.15) is 0 Å². The maximum Gasteiger partial charge on any atom is 0.231 e. The molecule has 5 heteroatoms. The van der Waals surface area contributed by atoms with Gasteiger partial charge in [0.05, 0.1) is 6.61 Å². The monoisotopic (exact) mass is 327 g/mol. The number of hydrogen-bond donors (Lipinski definition) is 1. The van der Waals surface area contributed by atoms with Crippen LogP contribution in [-0.4, -0.2) is 19.3 Å². The highest BCUT2D eigenvalue weighted by molar-refractivity contribution is 5.96. The Labute approximate surface area is 142 Å². The van der Waals surface area contributed by atoms with Crippen molar-refractivity contribution in [2.24, 2.45) is 0 Å². The van der Waals surface area contributed by atoms with Crippen molar-refractivity contribution in [2.75, 3.05) is 18.7 Å². The molecular weight excluding hydrogens is 306 g/mol. The Balaban J connectivity index is 0.00000182. The van der Waals surface area contributed by atoms with Crippen LogP contribution < -0.4 is 19.5 Å². The molecule has 2 aromatic rings. The van der Waals surface area contributed by atoms with Crippen molar-refractivity contribution < 1.29 is 20.4 Å². The molecule has 4 rings (SSSR count). The van der Waals surface area contributed by atoms with Gasteiger partial charge in [0.2, 0.25) is 12.7 Å². The van der Waals surface area contributed by atoms with E-state index in [1.807, 2.05) is 36.4 Å². The number of rotatable bonds is 4. The standard InChI is InChI=1S/C19H19NO4.H2/c1-2-7-22-16-6-4-3-5-12(16)13-9-19(21)20-15-10-18-17(8-14(13)15)23-11-24-18;/h3-6,8,10,13H,2,7,9,11H2,1H3,(H,20,21);1H. The number of carbonyl (C=O) groups excluding carboxylic acids is 1. The fourth-order valence-corrected chi connectivity index (χ4v) is 3.24. The average Bonchev–Trinajstić information content (AvgIpc) is 3.05. The SMILES string of the molecule is CCCOc1ccccc1C1CC(=O)Nc2cc3c(cc21)OCO3.[HH]. The quantitative estimate of drug-likeness (QED) is 0.924. The molecule has 0 saturated heterocycles. The van der Waals surface area contributed by atoms with Crippen molar-refractivity contribution in [3.63, 3.8) is 0 Å². The summed E-state index contributed by atoms with van der Waals surface area (Å²) in [4.78, 5) is 12.2. The first-order valence-corrected chi connectivity index (χ1v) is 8.21. The van der Waals surface area contributed by atoms with Gasteiger partial charge >= 0.3 is 0 Å². The summed E-state index contributed by atoms with van der Waals surface area (Å²) >= 11 is 0. The fourth-order valence-electron chi connectivity index (χ4n) is 3.24. The fraction of sp³-hybridized carbons (Fsp3) is 0.316. The Hall–Kier alpha value is -2.69. The number of carbonyl (C=O) groups is 1. The topological polar surface area (TPSA) is 56.8 Å². The molecule has 126 valence electrons. The molecule has 0 aliphatic carbocycles. The molecule has 0 fully saturated rings. The van der Waals surface area contributed by atoms with E-state index in [1.54, 1.807) is 0 Å². The lowest BCUT2D eigenvalue weighted by molar-refractivity contribution is -0.116. The van der Waals surface area contributed by atoms with Crippen molar-refractivity contribution in [2.45, 2.75) is 25.7 Å². The lowest BCUT2D eigenvalue weighted by atomic mass is 9.84. The number of ether oxygens (including phenoxy) is 3. The average molecular weight is 327 g/mol. The number of para-hydroxylation sites is 1. The van der Waals surface area contributed by atoms with Crippen LogP contribution in [0.5, 0.6) is 17.2 Å². The molecule has 1 N–H and O–H groups in total. The first-order valence-electron chi connectivity index (χ1n) is 8.21. The summed E-state index contributed by atoms with van der Waals surface area (Å²) in [5.41, 5.74) is 2.85. The van der Waals surface area contributed by atoms with Crippen molar-refractivity contribution >= 4 is 11.6 Å². The van der Waals surface area contributed by atoms with Crippen molar-refractivity contribution in [3.8, 4) is 17.2 Å². The molecule has 0 radical (unpaired) electrons. The summed E-state index contributed by atoms with van der Waals surface area (Å²) in [5, 5.41) is 2.94. The minimum Gasteiger partial charge on any atom is -0.493 e. The van der Waals surface area contributed by atoms with Crippen molar-refractivity contribution in [1.29, 1.82) is 0 Å². The molecule has 0 spiro atoms. The van der Waals surface area contributed by atoms with Crippen LogP contribution in [0.15, 0.2) is 36.4 Å². The summed E-state index contributed by atoms with van der Waals surface area (Å²) in [5.74, 6) is 2.17. The van der Waals surface area contributed by atoms with E-state index in [2.05, 4.69) is 12.2 Å². The predicted molar refractivity (Wildman–Crippen MR) is 92.0 cm³/mol. The molecule has 5 nitrogen and oxygen atoms in total. The molecule has 2 aliphatic heterocycles. The van der Waals surface area contributed by atoms with Gasteiger partial charge in [-0.15, -0.1) is 0 Å². The second-order valence-electron chi connectivity index (χ2n) is 5.98. The lowest BCUT2D eigenvalue weighted by Gasteiger charge is -2.27. The molecule has 0 saturated carbocycles. The summed E-state index contributed by atoms with van der Waals surface area (Å²) < 4.78 is 16.8.